The lowest BCUT2D eigenvalue weighted by molar-refractivity contribution is 0.306. The summed E-state index contributed by atoms with van der Waals surface area (Å²) in [5, 5.41) is 0. The van der Waals surface area contributed by atoms with Crippen LogP contribution in [-0.2, 0) is 4.43 Å². The molecular weight excluding hydrogens is 128 g/mol. The molecule has 0 aromatic carbocycles. The zero-order valence-corrected chi connectivity index (χ0v) is 7.74. The van der Waals surface area contributed by atoms with Crippen LogP contribution in [0.25, 0.3) is 0 Å². The van der Waals surface area contributed by atoms with Crippen molar-refractivity contribution in [3.05, 3.63) is 6.55 Å². The molecule has 0 bridgehead atoms. The summed E-state index contributed by atoms with van der Waals surface area (Å²) in [6.07, 6.45) is 2.39. The van der Waals surface area contributed by atoms with Gasteiger partial charge in [-0.2, -0.15) is 0 Å². The van der Waals surface area contributed by atoms with Crippen LogP contribution < -0.4 is 0 Å². The third kappa shape index (κ3) is 8.18. The van der Waals surface area contributed by atoms with Gasteiger partial charge in [0.25, 0.3) is 0 Å². The van der Waals surface area contributed by atoms with Gasteiger partial charge in [0, 0.05) is 6.61 Å². The van der Waals surface area contributed by atoms with Gasteiger partial charge in [0.05, 0.1) is 0 Å². The van der Waals surface area contributed by atoms with E-state index in [0.717, 1.165) is 6.61 Å². The van der Waals surface area contributed by atoms with E-state index < -0.39 is 8.32 Å². The summed E-state index contributed by atoms with van der Waals surface area (Å²) in [5.74, 6) is 0. The van der Waals surface area contributed by atoms with Gasteiger partial charge in [-0.15, -0.1) is 0 Å². The number of rotatable bonds is 4. The summed E-state index contributed by atoms with van der Waals surface area (Å²) in [5.41, 5.74) is 0. The minimum Gasteiger partial charge on any atom is -0.417 e. The maximum Gasteiger partial charge on any atom is 0.186 e. The van der Waals surface area contributed by atoms with Crippen molar-refractivity contribution in [3.63, 3.8) is 0 Å². The summed E-state index contributed by atoms with van der Waals surface area (Å²) in [6.45, 7) is 11.3. The molecule has 0 rings (SSSR count). The van der Waals surface area contributed by atoms with Crippen LogP contribution in [0.2, 0.25) is 13.1 Å². The maximum atomic E-state index is 5.50. The molecule has 9 heavy (non-hydrogen) atoms. The second-order valence-corrected chi connectivity index (χ2v) is 6.77. The van der Waals surface area contributed by atoms with E-state index >= 15 is 0 Å². The minimum absolute atomic E-state index is 0.902. The quantitative estimate of drug-likeness (QED) is 0.436. The highest BCUT2D eigenvalue weighted by Crippen LogP contribution is 2.01. The number of hydrogen-bond donors (Lipinski definition) is 0. The van der Waals surface area contributed by atoms with E-state index in [2.05, 4.69) is 26.6 Å². The molecular formula is C7H17OSi. The molecule has 0 amide bonds. The normalized spacial score (nSPS) is 12.0. The summed E-state index contributed by atoms with van der Waals surface area (Å²) in [6, 6.07) is 0. The Kier molecular flexibility index (Phi) is 4.15. The van der Waals surface area contributed by atoms with Crippen molar-refractivity contribution >= 4 is 8.32 Å². The van der Waals surface area contributed by atoms with Crippen molar-refractivity contribution < 1.29 is 4.43 Å². The third-order valence-corrected chi connectivity index (χ3v) is 1.98. The lowest BCUT2D eigenvalue weighted by Gasteiger charge is -2.15. The minimum atomic E-state index is -1.44. The molecule has 0 aliphatic carbocycles. The highest BCUT2D eigenvalue weighted by atomic mass is 28.4. The van der Waals surface area contributed by atoms with Crippen molar-refractivity contribution in [1.29, 1.82) is 0 Å². The first-order valence-electron chi connectivity index (χ1n) is 3.55. The Labute approximate surface area is 59.5 Å². The molecule has 1 nitrogen and oxygen atoms in total. The zero-order valence-electron chi connectivity index (χ0n) is 6.74. The summed E-state index contributed by atoms with van der Waals surface area (Å²) < 4.78 is 5.50. The van der Waals surface area contributed by atoms with Gasteiger partial charge in [-0.25, -0.2) is 0 Å². The Morgan fingerprint density at radius 2 is 2.00 bits per heavy atom. The molecule has 0 aromatic heterocycles. The molecule has 0 saturated carbocycles. The van der Waals surface area contributed by atoms with Crippen molar-refractivity contribution in [1.82, 2.24) is 0 Å². The molecule has 0 aliphatic heterocycles. The van der Waals surface area contributed by atoms with Gasteiger partial charge in [0.2, 0.25) is 0 Å². The first kappa shape index (κ1) is 9.18. The lowest BCUT2D eigenvalue weighted by Crippen LogP contribution is -2.26. The van der Waals surface area contributed by atoms with Crippen LogP contribution in [0.5, 0.6) is 0 Å². The maximum absolute atomic E-state index is 5.50. The van der Waals surface area contributed by atoms with E-state index in [1.807, 2.05) is 0 Å². The molecule has 0 unspecified atom stereocenters. The van der Waals surface area contributed by atoms with Crippen molar-refractivity contribution in [2.75, 3.05) is 6.61 Å². The van der Waals surface area contributed by atoms with Gasteiger partial charge in [-0.1, -0.05) is 13.3 Å². The predicted molar refractivity (Wildman–Crippen MR) is 43.7 cm³/mol. The molecule has 0 saturated heterocycles. The fourth-order valence-electron chi connectivity index (χ4n) is 0.493. The highest BCUT2D eigenvalue weighted by Gasteiger charge is 2.12. The first-order chi connectivity index (χ1) is 4.06. The average Bonchev–Trinajstić information content (AvgIpc) is 1.63. The van der Waals surface area contributed by atoms with Gasteiger partial charge in [-0.3, -0.25) is 0 Å². The van der Waals surface area contributed by atoms with Crippen LogP contribution in [-0.4, -0.2) is 14.9 Å². The molecule has 55 valence electrons. The van der Waals surface area contributed by atoms with Crippen LogP contribution in [0.15, 0.2) is 0 Å². The Bertz CT molecular complexity index is 65.8. The van der Waals surface area contributed by atoms with Gasteiger partial charge in [-0.05, 0) is 26.1 Å². The molecule has 0 N–H and O–H groups in total. The molecule has 0 aliphatic rings. The van der Waals surface area contributed by atoms with E-state index in [1.54, 1.807) is 0 Å². The van der Waals surface area contributed by atoms with Crippen LogP contribution >= 0.6 is 0 Å². The molecule has 2 heteroatoms. The lowest BCUT2D eigenvalue weighted by atomic mass is 10.4. The Morgan fingerprint density at radius 1 is 1.44 bits per heavy atom. The van der Waals surface area contributed by atoms with Gasteiger partial charge < -0.3 is 4.43 Å². The molecule has 0 fully saturated rings. The van der Waals surface area contributed by atoms with Gasteiger partial charge in [0.1, 0.15) is 0 Å². The Balaban J connectivity index is 3.07. The SMILES string of the molecule is [CH2][Si](C)(C)OCCCC. The third-order valence-electron chi connectivity index (χ3n) is 0.991. The van der Waals surface area contributed by atoms with E-state index in [1.165, 1.54) is 12.8 Å². The second kappa shape index (κ2) is 4.07. The average molecular weight is 145 g/mol. The molecule has 0 heterocycles. The van der Waals surface area contributed by atoms with Crippen molar-refractivity contribution in [3.8, 4) is 0 Å². The van der Waals surface area contributed by atoms with E-state index in [4.69, 9.17) is 4.43 Å². The van der Waals surface area contributed by atoms with Gasteiger partial charge in [0.15, 0.2) is 8.32 Å². The number of unbranched alkanes of at least 4 members (excludes halogenated alkanes) is 1. The van der Waals surface area contributed by atoms with E-state index in [-0.39, 0.29) is 0 Å². The van der Waals surface area contributed by atoms with E-state index in [0.29, 0.717) is 0 Å². The van der Waals surface area contributed by atoms with Crippen LogP contribution in [0.1, 0.15) is 19.8 Å². The van der Waals surface area contributed by atoms with Crippen LogP contribution in [0.3, 0.4) is 0 Å². The molecule has 0 aromatic rings. The van der Waals surface area contributed by atoms with E-state index in [9.17, 15) is 0 Å². The van der Waals surface area contributed by atoms with Gasteiger partial charge >= 0.3 is 0 Å². The summed E-state index contributed by atoms with van der Waals surface area (Å²) in [4.78, 5) is 0. The highest BCUT2D eigenvalue weighted by molar-refractivity contribution is 6.72. The predicted octanol–water partition coefficient (Wildman–Crippen LogP) is 2.38. The smallest absolute Gasteiger partial charge is 0.186 e. The van der Waals surface area contributed by atoms with Crippen LogP contribution in [0, 0.1) is 6.55 Å². The van der Waals surface area contributed by atoms with Crippen molar-refractivity contribution in [2.24, 2.45) is 0 Å². The summed E-state index contributed by atoms with van der Waals surface area (Å²) in [7, 11) is -1.44. The monoisotopic (exact) mass is 145 g/mol. The summed E-state index contributed by atoms with van der Waals surface area (Å²) >= 11 is 0. The second-order valence-electron chi connectivity index (χ2n) is 2.96. The van der Waals surface area contributed by atoms with Crippen LogP contribution in [0.4, 0.5) is 0 Å². The fourth-order valence-corrected chi connectivity index (χ4v) is 1.19. The first-order valence-corrected chi connectivity index (χ1v) is 6.67. The molecule has 0 spiro atoms. The molecule has 0 atom stereocenters. The topological polar surface area (TPSA) is 9.23 Å². The standard InChI is InChI=1S/C7H17OSi/c1-5-6-7-8-9(2,3)4/h2,5-7H2,1,3-4H3. The fraction of sp³-hybridized carbons (Fsp3) is 0.857. The zero-order chi connectivity index (χ0) is 7.33. The molecule has 1 radical (unpaired) electrons. The Hall–Kier alpha value is 0.177. The van der Waals surface area contributed by atoms with Crippen molar-refractivity contribution in [2.45, 2.75) is 32.9 Å². The number of hydrogen-bond acceptors (Lipinski definition) is 1. The Morgan fingerprint density at radius 3 is 2.33 bits per heavy atom. The largest absolute Gasteiger partial charge is 0.417 e.